The van der Waals surface area contributed by atoms with Gasteiger partial charge in [-0.05, 0) is 18.1 Å². The average molecular weight is 212 g/mol. The van der Waals surface area contributed by atoms with Crippen LogP contribution in [0.4, 0.5) is 14.6 Å². The number of rotatable bonds is 2. The first-order chi connectivity index (χ1) is 6.98. The van der Waals surface area contributed by atoms with E-state index in [0.29, 0.717) is 11.7 Å². The molecule has 4 heteroatoms. The second-order valence-corrected chi connectivity index (χ2v) is 4.29. The topological polar surface area (TPSA) is 16.1 Å². The monoisotopic (exact) mass is 212 g/mol. The predicted octanol–water partition coefficient (Wildman–Crippen LogP) is 2.66. The van der Waals surface area contributed by atoms with E-state index < -0.39 is 5.92 Å². The van der Waals surface area contributed by atoms with E-state index in [9.17, 15) is 8.78 Å². The Hall–Kier alpha value is -1.19. The van der Waals surface area contributed by atoms with Crippen LogP contribution in [-0.4, -0.2) is 24.0 Å². The number of hydrogen-bond acceptors (Lipinski definition) is 2. The van der Waals surface area contributed by atoms with E-state index in [1.165, 1.54) is 0 Å². The first-order valence-electron chi connectivity index (χ1n) is 5.08. The maximum atomic E-state index is 12.7. The van der Waals surface area contributed by atoms with Gasteiger partial charge in [0.1, 0.15) is 5.82 Å². The van der Waals surface area contributed by atoms with Gasteiger partial charge in [0.2, 0.25) is 0 Å². The normalized spacial score (nSPS) is 19.1. The van der Waals surface area contributed by atoms with Crippen LogP contribution in [-0.2, 0) is 0 Å². The summed E-state index contributed by atoms with van der Waals surface area (Å²) in [6, 6.07) is 5.57. The highest BCUT2D eigenvalue weighted by molar-refractivity contribution is 5.43. The molecule has 2 rings (SSSR count). The minimum atomic E-state index is -2.53. The molecule has 0 spiro atoms. The first-order valence-corrected chi connectivity index (χ1v) is 5.08. The van der Waals surface area contributed by atoms with Crippen molar-refractivity contribution in [1.29, 1.82) is 0 Å². The summed E-state index contributed by atoms with van der Waals surface area (Å²) in [5, 5.41) is 0. The minimum absolute atomic E-state index is 0.207. The van der Waals surface area contributed by atoms with Crippen LogP contribution in [0.2, 0.25) is 0 Å². The Morgan fingerprint density at radius 1 is 1.33 bits per heavy atom. The van der Waals surface area contributed by atoms with E-state index in [1.54, 1.807) is 11.0 Å². The van der Waals surface area contributed by atoms with Crippen molar-refractivity contribution in [1.82, 2.24) is 4.98 Å². The van der Waals surface area contributed by atoms with Gasteiger partial charge in [-0.25, -0.2) is 13.8 Å². The van der Waals surface area contributed by atoms with E-state index >= 15 is 0 Å². The zero-order chi connectivity index (χ0) is 11.1. The molecule has 0 saturated carbocycles. The molecule has 2 nitrogen and oxygen atoms in total. The number of anilines is 1. The SMILES string of the molecule is CC(C)c1cccc(N2CC(F)(F)C2)n1. The molecule has 1 aliphatic rings. The first kappa shape index (κ1) is 10.3. The maximum absolute atomic E-state index is 12.7. The second-order valence-electron chi connectivity index (χ2n) is 4.29. The average Bonchev–Trinajstić information content (AvgIpc) is 2.14. The van der Waals surface area contributed by atoms with Gasteiger partial charge in [-0.15, -0.1) is 0 Å². The van der Waals surface area contributed by atoms with E-state index in [1.807, 2.05) is 26.0 Å². The summed E-state index contributed by atoms with van der Waals surface area (Å²) < 4.78 is 25.3. The van der Waals surface area contributed by atoms with Crippen LogP contribution >= 0.6 is 0 Å². The third-order valence-electron chi connectivity index (χ3n) is 2.52. The Morgan fingerprint density at radius 3 is 2.53 bits per heavy atom. The number of alkyl halides is 2. The van der Waals surface area contributed by atoms with Crippen molar-refractivity contribution in [3.63, 3.8) is 0 Å². The number of pyridine rings is 1. The van der Waals surface area contributed by atoms with Gasteiger partial charge in [0.15, 0.2) is 0 Å². The molecule has 2 heterocycles. The zero-order valence-corrected chi connectivity index (χ0v) is 8.87. The van der Waals surface area contributed by atoms with Crippen LogP contribution in [0.15, 0.2) is 18.2 Å². The second kappa shape index (κ2) is 3.43. The summed E-state index contributed by atoms with van der Waals surface area (Å²) in [4.78, 5) is 5.96. The van der Waals surface area contributed by atoms with Gasteiger partial charge >= 0.3 is 0 Å². The van der Waals surface area contributed by atoms with Crippen molar-refractivity contribution in [2.75, 3.05) is 18.0 Å². The standard InChI is InChI=1S/C11H14F2N2/c1-8(2)9-4-3-5-10(14-9)15-6-11(12,13)7-15/h3-5,8H,6-7H2,1-2H3. The quantitative estimate of drug-likeness (QED) is 0.749. The van der Waals surface area contributed by atoms with E-state index in [-0.39, 0.29) is 13.1 Å². The van der Waals surface area contributed by atoms with Crippen molar-refractivity contribution in [3.8, 4) is 0 Å². The third kappa shape index (κ3) is 2.08. The molecule has 1 aromatic heterocycles. The van der Waals surface area contributed by atoms with Gasteiger partial charge in [0.25, 0.3) is 5.92 Å². The maximum Gasteiger partial charge on any atom is 0.282 e. The van der Waals surface area contributed by atoms with Crippen molar-refractivity contribution in [2.24, 2.45) is 0 Å². The Morgan fingerprint density at radius 2 is 2.00 bits per heavy atom. The Labute approximate surface area is 87.9 Å². The molecule has 0 atom stereocenters. The lowest BCUT2D eigenvalue weighted by atomic mass is 10.1. The fraction of sp³-hybridized carbons (Fsp3) is 0.545. The Kier molecular flexibility index (Phi) is 2.37. The van der Waals surface area contributed by atoms with Gasteiger partial charge < -0.3 is 4.90 Å². The molecule has 1 aliphatic heterocycles. The summed E-state index contributed by atoms with van der Waals surface area (Å²) in [5.41, 5.74) is 0.947. The lowest BCUT2D eigenvalue weighted by Gasteiger charge is -2.39. The van der Waals surface area contributed by atoms with Crippen molar-refractivity contribution in [3.05, 3.63) is 23.9 Å². The van der Waals surface area contributed by atoms with Crippen LogP contribution in [0, 0.1) is 0 Å². The number of aromatic nitrogens is 1. The zero-order valence-electron chi connectivity index (χ0n) is 8.87. The Bertz CT molecular complexity index is 355. The lowest BCUT2D eigenvalue weighted by Crippen LogP contribution is -2.56. The van der Waals surface area contributed by atoms with Gasteiger partial charge in [0, 0.05) is 5.69 Å². The molecule has 1 saturated heterocycles. The molecule has 0 bridgehead atoms. The van der Waals surface area contributed by atoms with Crippen molar-refractivity contribution >= 4 is 5.82 Å². The van der Waals surface area contributed by atoms with Gasteiger partial charge in [-0.1, -0.05) is 19.9 Å². The van der Waals surface area contributed by atoms with Crippen molar-refractivity contribution in [2.45, 2.75) is 25.7 Å². The largest absolute Gasteiger partial charge is 0.344 e. The summed E-state index contributed by atoms with van der Waals surface area (Å²) in [7, 11) is 0. The molecule has 82 valence electrons. The lowest BCUT2D eigenvalue weighted by molar-refractivity contribution is -0.0267. The highest BCUT2D eigenvalue weighted by Crippen LogP contribution is 2.31. The predicted molar refractivity (Wildman–Crippen MR) is 55.5 cm³/mol. The minimum Gasteiger partial charge on any atom is -0.344 e. The molecule has 0 aliphatic carbocycles. The molecule has 0 N–H and O–H groups in total. The summed E-state index contributed by atoms with van der Waals surface area (Å²) in [6.45, 7) is 3.66. The molecule has 0 radical (unpaired) electrons. The van der Waals surface area contributed by atoms with Crippen molar-refractivity contribution < 1.29 is 8.78 Å². The summed E-state index contributed by atoms with van der Waals surface area (Å²) in [5.74, 6) is -1.55. The van der Waals surface area contributed by atoms with Gasteiger partial charge in [-0.2, -0.15) is 0 Å². The summed E-state index contributed by atoms with van der Waals surface area (Å²) >= 11 is 0. The molecule has 1 aromatic rings. The third-order valence-corrected chi connectivity index (χ3v) is 2.52. The highest BCUT2D eigenvalue weighted by atomic mass is 19.3. The smallest absolute Gasteiger partial charge is 0.282 e. The van der Waals surface area contributed by atoms with Crippen LogP contribution in [0.5, 0.6) is 0 Å². The number of halogens is 2. The van der Waals surface area contributed by atoms with E-state index in [4.69, 9.17) is 0 Å². The molecule has 0 unspecified atom stereocenters. The molecule has 1 fully saturated rings. The summed E-state index contributed by atoms with van der Waals surface area (Å²) in [6.07, 6.45) is 0. The van der Waals surface area contributed by atoms with E-state index in [0.717, 1.165) is 5.69 Å². The number of hydrogen-bond donors (Lipinski definition) is 0. The molecule has 0 amide bonds. The number of nitrogens with zero attached hydrogens (tertiary/aromatic N) is 2. The molecular formula is C11H14F2N2. The van der Waals surface area contributed by atoms with Crippen LogP contribution in [0.1, 0.15) is 25.5 Å². The fourth-order valence-corrected chi connectivity index (χ4v) is 1.61. The van der Waals surface area contributed by atoms with E-state index in [2.05, 4.69) is 4.98 Å². The highest BCUT2D eigenvalue weighted by Gasteiger charge is 2.44. The van der Waals surface area contributed by atoms with Crippen LogP contribution < -0.4 is 4.90 Å². The van der Waals surface area contributed by atoms with Crippen LogP contribution in [0.3, 0.4) is 0 Å². The fourth-order valence-electron chi connectivity index (χ4n) is 1.61. The molecule has 0 aromatic carbocycles. The van der Waals surface area contributed by atoms with Crippen LogP contribution in [0.25, 0.3) is 0 Å². The Balaban J connectivity index is 2.13. The van der Waals surface area contributed by atoms with Gasteiger partial charge in [-0.3, -0.25) is 0 Å². The molecule has 15 heavy (non-hydrogen) atoms. The van der Waals surface area contributed by atoms with Gasteiger partial charge in [0.05, 0.1) is 13.1 Å². The molecular weight excluding hydrogens is 198 g/mol.